The molecule has 0 aromatic heterocycles. The number of hydrogen-bond acceptors (Lipinski definition) is 6. The molecule has 0 aliphatic heterocycles. The van der Waals surface area contributed by atoms with Gasteiger partial charge in [-0.3, -0.25) is 14.4 Å². The second-order valence-corrected chi connectivity index (χ2v) is 19.8. The van der Waals surface area contributed by atoms with Crippen LogP contribution in [0.3, 0.4) is 0 Å². The van der Waals surface area contributed by atoms with Crippen molar-refractivity contribution in [1.29, 1.82) is 0 Å². The molecule has 0 N–H and O–H groups in total. The van der Waals surface area contributed by atoms with Crippen LogP contribution in [-0.2, 0) is 28.6 Å². The number of unbranched alkanes of at least 4 members (excludes halogenated alkanes) is 13. The summed E-state index contributed by atoms with van der Waals surface area (Å²) in [5.74, 6) is -1.04. The Morgan fingerprint density at radius 3 is 0.835 bits per heavy atom. The minimum Gasteiger partial charge on any atom is -0.462 e. The smallest absolute Gasteiger partial charge is 0.306 e. The lowest BCUT2D eigenvalue weighted by Crippen LogP contribution is -2.30. The Bertz CT molecular complexity index is 1870. The third-order valence-corrected chi connectivity index (χ3v) is 12.4. The van der Waals surface area contributed by atoms with Gasteiger partial charge in [-0.25, -0.2) is 0 Å². The van der Waals surface area contributed by atoms with E-state index in [-0.39, 0.29) is 37.5 Å². The molecule has 0 aliphatic carbocycles. The molecule has 0 aliphatic rings. The number of esters is 3. The molecule has 1 unspecified atom stereocenters. The zero-order valence-corrected chi connectivity index (χ0v) is 50.3. The molecular weight excluding hydrogens is 973 g/mol. The van der Waals surface area contributed by atoms with E-state index in [0.29, 0.717) is 19.3 Å². The molecule has 0 amide bonds. The van der Waals surface area contributed by atoms with Crippen LogP contribution < -0.4 is 0 Å². The molecule has 0 saturated carbocycles. The van der Waals surface area contributed by atoms with E-state index in [0.717, 1.165) is 154 Å². The first kappa shape index (κ1) is 73.5. The van der Waals surface area contributed by atoms with Crippen LogP contribution in [0.2, 0.25) is 0 Å². The summed E-state index contributed by atoms with van der Waals surface area (Å²) in [6.07, 6.45) is 97.5. The number of carbonyl (C=O) groups excluding carboxylic acids is 3. The summed E-state index contributed by atoms with van der Waals surface area (Å²) in [7, 11) is 0. The van der Waals surface area contributed by atoms with Crippen molar-refractivity contribution in [2.45, 2.75) is 245 Å². The molecule has 6 heteroatoms. The average molecular weight is 1090 g/mol. The molecule has 0 bridgehead atoms. The molecule has 79 heavy (non-hydrogen) atoms. The van der Waals surface area contributed by atoms with E-state index in [1.54, 1.807) is 0 Å². The number of hydrogen-bond donors (Lipinski definition) is 0. The van der Waals surface area contributed by atoms with E-state index in [9.17, 15) is 14.4 Å². The average Bonchev–Trinajstić information content (AvgIpc) is 3.45. The van der Waals surface area contributed by atoms with Crippen LogP contribution >= 0.6 is 0 Å². The van der Waals surface area contributed by atoms with Gasteiger partial charge in [0, 0.05) is 19.3 Å². The van der Waals surface area contributed by atoms with Gasteiger partial charge in [0.05, 0.1) is 0 Å². The molecule has 440 valence electrons. The molecule has 0 radical (unpaired) electrons. The molecule has 0 fully saturated rings. The Morgan fingerprint density at radius 2 is 0.506 bits per heavy atom. The van der Waals surface area contributed by atoms with Gasteiger partial charge in [0.2, 0.25) is 0 Å². The van der Waals surface area contributed by atoms with E-state index in [4.69, 9.17) is 14.2 Å². The second-order valence-electron chi connectivity index (χ2n) is 19.8. The summed E-state index contributed by atoms with van der Waals surface area (Å²) in [6.45, 7) is 6.30. The summed E-state index contributed by atoms with van der Waals surface area (Å²) in [4.78, 5) is 38.3. The number of rotatable bonds is 54. The SMILES string of the molecule is CC/C=C\C/C=C\C/C=C\C/C=C\C/C=C\C/C=C\C/C=C\CCCCCC(=O)OCC(COC(=O)CCCCCCC/C=C\CCCCCC)OC(=O)CCC/C=C\C/C=C\C/C=C\C/C=C\C/C=C\C/C=C\C/C=C\CC. The van der Waals surface area contributed by atoms with Gasteiger partial charge in [-0.05, 0) is 154 Å². The molecule has 0 saturated heterocycles. The molecule has 1 atom stereocenters. The van der Waals surface area contributed by atoms with Crippen LogP contribution in [0.15, 0.2) is 182 Å². The second kappa shape index (κ2) is 65.0. The van der Waals surface area contributed by atoms with Crippen LogP contribution in [0.1, 0.15) is 239 Å². The molecule has 0 aromatic carbocycles. The molecule has 0 spiro atoms. The summed E-state index contributed by atoms with van der Waals surface area (Å²) in [5, 5.41) is 0. The van der Waals surface area contributed by atoms with E-state index in [1.165, 1.54) is 38.5 Å². The Hall–Kier alpha value is -5.49. The van der Waals surface area contributed by atoms with Crippen molar-refractivity contribution >= 4 is 17.9 Å². The zero-order valence-electron chi connectivity index (χ0n) is 50.3. The Labute approximate surface area is 484 Å². The van der Waals surface area contributed by atoms with Gasteiger partial charge >= 0.3 is 17.9 Å². The van der Waals surface area contributed by atoms with E-state index < -0.39 is 6.10 Å². The minimum absolute atomic E-state index is 0.126. The first-order valence-corrected chi connectivity index (χ1v) is 31.3. The largest absolute Gasteiger partial charge is 0.462 e. The lowest BCUT2D eigenvalue weighted by Gasteiger charge is -2.18. The highest BCUT2D eigenvalue weighted by atomic mass is 16.6. The van der Waals surface area contributed by atoms with Crippen molar-refractivity contribution < 1.29 is 28.6 Å². The van der Waals surface area contributed by atoms with Crippen molar-refractivity contribution in [2.24, 2.45) is 0 Å². The molecular formula is C73H112O6. The van der Waals surface area contributed by atoms with E-state index >= 15 is 0 Å². The summed E-state index contributed by atoms with van der Waals surface area (Å²) in [5.41, 5.74) is 0. The fraction of sp³-hybridized carbons (Fsp3) is 0.548. The zero-order chi connectivity index (χ0) is 57.1. The predicted octanol–water partition coefficient (Wildman–Crippen LogP) is 21.7. The maximum atomic E-state index is 12.9. The van der Waals surface area contributed by atoms with Crippen LogP contribution in [0.25, 0.3) is 0 Å². The summed E-state index contributed by atoms with van der Waals surface area (Å²) >= 11 is 0. The van der Waals surface area contributed by atoms with Crippen LogP contribution in [-0.4, -0.2) is 37.2 Å². The first-order valence-electron chi connectivity index (χ1n) is 31.3. The quantitative estimate of drug-likeness (QED) is 0.0261. The third-order valence-electron chi connectivity index (χ3n) is 12.4. The highest BCUT2D eigenvalue weighted by Gasteiger charge is 2.19. The minimum atomic E-state index is -0.838. The normalized spacial score (nSPS) is 13.4. The summed E-state index contributed by atoms with van der Waals surface area (Å²) in [6, 6.07) is 0. The standard InChI is InChI=1S/C73H112O6/c1-4-7-10-13-16-19-22-25-27-29-31-33-35-36-38-39-41-43-45-48-51-54-57-60-63-66-72(75)78-69-70(68-77-71(74)65-62-59-56-53-50-47-24-21-18-15-12-9-6-3)79-73(76)67-64-61-58-55-52-49-46-44-42-40-37-34-32-30-28-26-23-20-17-14-11-8-5-2/h7-8,10-11,16-17,19-21,24-28,31-34,36,38,40-43,46,48-49,51,55,58,70H,4-6,9,12-15,18,22-23,29-30,35,37,39,44-45,47,50,52-54,56-57,59-69H2,1-3H3/b10-7-,11-8-,19-16-,20-17-,24-21-,27-25-,28-26-,33-31-,34-32-,38-36-,42-40-,43-41-,49-46-,51-48-,58-55-. The number of carbonyl (C=O) groups is 3. The third kappa shape index (κ3) is 63.2. The predicted molar refractivity (Wildman–Crippen MR) is 343 cm³/mol. The van der Waals surface area contributed by atoms with Crippen molar-refractivity contribution in [3.63, 3.8) is 0 Å². The molecule has 6 nitrogen and oxygen atoms in total. The van der Waals surface area contributed by atoms with E-state index in [2.05, 4.69) is 203 Å². The maximum absolute atomic E-state index is 12.9. The van der Waals surface area contributed by atoms with Gasteiger partial charge in [-0.2, -0.15) is 0 Å². The fourth-order valence-electron chi connectivity index (χ4n) is 7.76. The molecule has 0 heterocycles. The lowest BCUT2D eigenvalue weighted by molar-refractivity contribution is -0.167. The highest BCUT2D eigenvalue weighted by Crippen LogP contribution is 2.12. The Balaban J connectivity index is 4.57. The topological polar surface area (TPSA) is 78.9 Å². The van der Waals surface area contributed by atoms with Gasteiger partial charge in [-0.15, -0.1) is 0 Å². The molecule has 0 rings (SSSR count). The van der Waals surface area contributed by atoms with Crippen molar-refractivity contribution in [3.8, 4) is 0 Å². The van der Waals surface area contributed by atoms with Gasteiger partial charge < -0.3 is 14.2 Å². The monoisotopic (exact) mass is 1080 g/mol. The summed E-state index contributed by atoms with van der Waals surface area (Å²) < 4.78 is 16.8. The van der Waals surface area contributed by atoms with Crippen molar-refractivity contribution in [3.05, 3.63) is 182 Å². The lowest BCUT2D eigenvalue weighted by atomic mass is 10.1. The highest BCUT2D eigenvalue weighted by molar-refractivity contribution is 5.71. The maximum Gasteiger partial charge on any atom is 0.306 e. The Kier molecular flexibility index (Phi) is 60.5. The Morgan fingerprint density at radius 1 is 0.266 bits per heavy atom. The van der Waals surface area contributed by atoms with Crippen LogP contribution in [0.5, 0.6) is 0 Å². The van der Waals surface area contributed by atoms with Gasteiger partial charge in [-0.1, -0.05) is 248 Å². The first-order chi connectivity index (χ1) is 39.0. The number of ether oxygens (including phenoxy) is 3. The molecule has 0 aromatic rings. The van der Waals surface area contributed by atoms with E-state index in [1.807, 2.05) is 0 Å². The van der Waals surface area contributed by atoms with Crippen LogP contribution in [0.4, 0.5) is 0 Å². The van der Waals surface area contributed by atoms with Gasteiger partial charge in [0.1, 0.15) is 13.2 Å². The van der Waals surface area contributed by atoms with Crippen LogP contribution in [0, 0.1) is 0 Å². The number of allylic oxidation sites excluding steroid dienone is 30. The van der Waals surface area contributed by atoms with Crippen molar-refractivity contribution in [1.82, 2.24) is 0 Å². The van der Waals surface area contributed by atoms with Gasteiger partial charge in [0.15, 0.2) is 6.10 Å². The van der Waals surface area contributed by atoms with Crippen molar-refractivity contribution in [2.75, 3.05) is 13.2 Å². The van der Waals surface area contributed by atoms with Gasteiger partial charge in [0.25, 0.3) is 0 Å². The fourth-order valence-corrected chi connectivity index (χ4v) is 7.76.